The first-order valence-corrected chi connectivity index (χ1v) is 10.5. The second kappa shape index (κ2) is 8.37. The Morgan fingerprint density at radius 2 is 1.48 bits per heavy atom. The molecule has 1 saturated carbocycles. The number of benzene rings is 2. The van der Waals surface area contributed by atoms with Crippen molar-refractivity contribution in [2.75, 3.05) is 26.2 Å². The Morgan fingerprint density at radius 1 is 0.862 bits per heavy atom. The molecule has 2 aromatic rings. The van der Waals surface area contributed by atoms with Gasteiger partial charge in [-0.25, -0.2) is 4.79 Å². The van der Waals surface area contributed by atoms with Gasteiger partial charge in [0.2, 0.25) is 0 Å². The van der Waals surface area contributed by atoms with Crippen molar-refractivity contribution in [2.45, 2.75) is 38.1 Å². The van der Waals surface area contributed by atoms with Crippen molar-refractivity contribution in [3.63, 3.8) is 0 Å². The van der Waals surface area contributed by atoms with Crippen LogP contribution in [0.5, 0.6) is 5.75 Å². The van der Waals surface area contributed by atoms with Crippen LogP contribution in [0.3, 0.4) is 0 Å². The Hall–Kier alpha value is -2.66. The van der Waals surface area contributed by atoms with Crippen LogP contribution in [0.1, 0.15) is 48.5 Å². The summed E-state index contributed by atoms with van der Waals surface area (Å²) in [5.74, 6) is 0.681. The largest absolute Gasteiger partial charge is 0.415 e. The molecule has 1 heterocycles. The van der Waals surface area contributed by atoms with Gasteiger partial charge in [0, 0.05) is 37.3 Å². The van der Waals surface area contributed by atoms with Crippen LogP contribution < -0.4 is 4.74 Å². The molecule has 29 heavy (non-hydrogen) atoms. The van der Waals surface area contributed by atoms with Crippen molar-refractivity contribution < 1.29 is 14.3 Å². The molecule has 2 aromatic carbocycles. The minimum Gasteiger partial charge on any atom is -0.410 e. The predicted octanol–water partition coefficient (Wildman–Crippen LogP) is 4.48. The molecule has 1 aliphatic carbocycles. The van der Waals surface area contributed by atoms with Gasteiger partial charge in [-0.3, -0.25) is 9.69 Å². The zero-order valence-corrected chi connectivity index (χ0v) is 17.0. The summed E-state index contributed by atoms with van der Waals surface area (Å²) < 4.78 is 5.50. The quantitative estimate of drug-likeness (QED) is 0.720. The maximum atomic E-state index is 12.5. The highest BCUT2D eigenvalue weighted by Crippen LogP contribution is 2.44. The van der Waals surface area contributed by atoms with Gasteiger partial charge < -0.3 is 9.64 Å². The zero-order chi connectivity index (χ0) is 20.3. The molecule has 1 amide bonds. The summed E-state index contributed by atoms with van der Waals surface area (Å²) in [6.07, 6.45) is 4.40. The molecule has 0 N–H and O–H groups in total. The normalized spacial score (nSPS) is 19.1. The van der Waals surface area contributed by atoms with E-state index in [2.05, 4.69) is 17.0 Å². The summed E-state index contributed by atoms with van der Waals surface area (Å²) in [7, 11) is 0. The van der Waals surface area contributed by atoms with Crippen molar-refractivity contribution in [3.8, 4) is 5.75 Å². The molecule has 0 unspecified atom stereocenters. The maximum absolute atomic E-state index is 12.5. The smallest absolute Gasteiger partial charge is 0.410 e. The molecular weight excluding hydrogens is 364 g/mol. The first-order valence-electron chi connectivity index (χ1n) is 10.5. The average molecular weight is 392 g/mol. The number of rotatable bonds is 4. The minimum absolute atomic E-state index is 0.0186. The summed E-state index contributed by atoms with van der Waals surface area (Å²) in [5.41, 5.74) is 2.07. The van der Waals surface area contributed by atoms with Crippen LogP contribution in [0.2, 0.25) is 0 Å². The molecule has 152 valence electrons. The molecule has 4 rings (SSSR count). The van der Waals surface area contributed by atoms with E-state index in [4.69, 9.17) is 4.74 Å². The fourth-order valence-electron chi connectivity index (χ4n) is 4.73. The Balaban J connectivity index is 1.44. The number of piperazine rings is 1. The number of hydrogen-bond acceptors (Lipinski definition) is 4. The van der Waals surface area contributed by atoms with Crippen LogP contribution in [0.15, 0.2) is 54.6 Å². The van der Waals surface area contributed by atoms with Crippen LogP contribution in [0.4, 0.5) is 4.79 Å². The Kier molecular flexibility index (Phi) is 5.67. The highest BCUT2D eigenvalue weighted by atomic mass is 16.6. The third-order valence-corrected chi connectivity index (χ3v) is 6.35. The average Bonchev–Trinajstić information content (AvgIpc) is 3.26. The van der Waals surface area contributed by atoms with Gasteiger partial charge in [0.05, 0.1) is 0 Å². The highest BCUT2D eigenvalue weighted by Gasteiger charge is 2.42. The van der Waals surface area contributed by atoms with Crippen LogP contribution >= 0.6 is 0 Å². The van der Waals surface area contributed by atoms with E-state index >= 15 is 0 Å². The number of hydrogen-bond donors (Lipinski definition) is 0. The maximum Gasteiger partial charge on any atom is 0.415 e. The minimum atomic E-state index is -0.276. The summed E-state index contributed by atoms with van der Waals surface area (Å²) >= 11 is 0. The lowest BCUT2D eigenvalue weighted by Crippen LogP contribution is -2.56. The van der Waals surface area contributed by atoms with Crippen LogP contribution in [0, 0.1) is 0 Å². The lowest BCUT2D eigenvalue weighted by atomic mass is 9.85. The fourth-order valence-corrected chi connectivity index (χ4v) is 4.73. The fraction of sp³-hybridized carbons (Fsp3) is 0.417. The molecule has 0 radical (unpaired) electrons. The van der Waals surface area contributed by atoms with Crippen LogP contribution in [-0.2, 0) is 5.54 Å². The van der Waals surface area contributed by atoms with Gasteiger partial charge in [-0.05, 0) is 37.5 Å². The van der Waals surface area contributed by atoms with Gasteiger partial charge in [0.1, 0.15) is 5.75 Å². The summed E-state index contributed by atoms with van der Waals surface area (Å²) in [5, 5.41) is 0. The Labute approximate surface area is 172 Å². The molecule has 0 atom stereocenters. The van der Waals surface area contributed by atoms with E-state index in [0.717, 1.165) is 31.5 Å². The first-order chi connectivity index (χ1) is 14.1. The van der Waals surface area contributed by atoms with Gasteiger partial charge in [0.15, 0.2) is 5.78 Å². The number of carbonyl (C=O) groups excluding carboxylic acids is 2. The van der Waals surface area contributed by atoms with E-state index in [1.165, 1.54) is 18.4 Å². The molecule has 5 heteroatoms. The van der Waals surface area contributed by atoms with Crippen molar-refractivity contribution >= 4 is 11.9 Å². The number of carbonyl (C=O) groups is 2. The zero-order valence-electron chi connectivity index (χ0n) is 17.0. The second-order valence-corrected chi connectivity index (χ2v) is 8.03. The van der Waals surface area contributed by atoms with Gasteiger partial charge in [-0.2, -0.15) is 0 Å². The number of nitrogens with zero attached hydrogens (tertiary/aromatic N) is 2. The molecule has 5 nitrogen and oxygen atoms in total. The molecule has 1 aliphatic heterocycles. The lowest BCUT2D eigenvalue weighted by molar-refractivity contribution is 0.0354. The van der Waals surface area contributed by atoms with E-state index in [0.29, 0.717) is 18.8 Å². The number of ketones is 1. The molecule has 0 bridgehead atoms. The SMILES string of the molecule is CC(=O)c1ccc(C2(N3CCN(C(=O)Oc4ccccc4)CC3)CCCC2)cc1. The predicted molar refractivity (Wildman–Crippen MR) is 112 cm³/mol. The Morgan fingerprint density at radius 3 is 2.07 bits per heavy atom. The van der Waals surface area contributed by atoms with Crippen LogP contribution in [0.25, 0.3) is 0 Å². The van der Waals surface area contributed by atoms with Gasteiger partial charge in [-0.1, -0.05) is 55.3 Å². The summed E-state index contributed by atoms with van der Waals surface area (Å²) in [6, 6.07) is 17.4. The number of ether oxygens (including phenoxy) is 1. The molecule has 2 aliphatic rings. The van der Waals surface area contributed by atoms with E-state index in [-0.39, 0.29) is 17.4 Å². The summed E-state index contributed by atoms with van der Waals surface area (Å²) in [4.78, 5) is 28.5. The van der Waals surface area contributed by atoms with Gasteiger partial charge in [-0.15, -0.1) is 0 Å². The highest BCUT2D eigenvalue weighted by molar-refractivity contribution is 5.94. The van der Waals surface area contributed by atoms with Crippen molar-refractivity contribution in [2.24, 2.45) is 0 Å². The number of amides is 1. The molecule has 2 fully saturated rings. The molecule has 1 saturated heterocycles. The Bertz CT molecular complexity index is 849. The molecule has 0 spiro atoms. The topological polar surface area (TPSA) is 49.9 Å². The first kappa shape index (κ1) is 19.6. The van der Waals surface area contributed by atoms with E-state index in [1.807, 2.05) is 30.3 Å². The van der Waals surface area contributed by atoms with Crippen molar-refractivity contribution in [1.29, 1.82) is 0 Å². The number of Topliss-reactive ketones (excluding diaryl/α,β-unsaturated/α-hetero) is 1. The van der Waals surface area contributed by atoms with Crippen molar-refractivity contribution in [3.05, 3.63) is 65.7 Å². The second-order valence-electron chi connectivity index (χ2n) is 8.03. The van der Waals surface area contributed by atoms with Gasteiger partial charge >= 0.3 is 6.09 Å². The van der Waals surface area contributed by atoms with E-state index in [1.54, 1.807) is 24.0 Å². The standard InChI is InChI=1S/C24H28N2O3/c1-19(27)20-9-11-21(12-10-20)24(13-5-6-14-24)26-17-15-25(16-18-26)23(28)29-22-7-3-2-4-8-22/h2-4,7-12H,5-6,13-18H2,1H3. The number of para-hydroxylation sites is 1. The third kappa shape index (κ3) is 4.06. The van der Waals surface area contributed by atoms with Crippen LogP contribution in [-0.4, -0.2) is 47.9 Å². The molecular formula is C24H28N2O3. The van der Waals surface area contributed by atoms with E-state index < -0.39 is 0 Å². The monoisotopic (exact) mass is 392 g/mol. The van der Waals surface area contributed by atoms with Gasteiger partial charge in [0.25, 0.3) is 0 Å². The molecule has 0 aromatic heterocycles. The third-order valence-electron chi connectivity index (χ3n) is 6.35. The van der Waals surface area contributed by atoms with E-state index in [9.17, 15) is 9.59 Å². The van der Waals surface area contributed by atoms with Crippen molar-refractivity contribution in [1.82, 2.24) is 9.80 Å². The summed E-state index contributed by atoms with van der Waals surface area (Å²) in [6.45, 7) is 4.60. The lowest BCUT2D eigenvalue weighted by Gasteiger charge is -2.46.